The molecule has 0 spiro atoms. The Bertz CT molecular complexity index is 716. The van der Waals surface area contributed by atoms with E-state index in [9.17, 15) is 19.7 Å². The third kappa shape index (κ3) is 2.44. The van der Waals surface area contributed by atoms with E-state index in [1.807, 2.05) is 0 Å². The largest absolute Gasteiger partial charge is 0.462 e. The number of nitrogens with one attached hydrogen (secondary N) is 1. The van der Waals surface area contributed by atoms with Crippen molar-refractivity contribution in [3.8, 4) is 5.69 Å². The lowest BCUT2D eigenvalue weighted by Gasteiger charge is -2.00. The van der Waals surface area contributed by atoms with Crippen LogP contribution in [0.1, 0.15) is 17.3 Å². The second kappa shape index (κ2) is 5.39. The summed E-state index contributed by atoms with van der Waals surface area (Å²) < 4.78 is 5.78. The van der Waals surface area contributed by atoms with Gasteiger partial charge in [0.05, 0.1) is 17.2 Å². The van der Waals surface area contributed by atoms with Crippen LogP contribution in [0.5, 0.6) is 0 Å². The molecule has 1 heterocycles. The van der Waals surface area contributed by atoms with Crippen LogP contribution in [0.2, 0.25) is 0 Å². The highest BCUT2D eigenvalue weighted by Gasteiger charge is 2.17. The van der Waals surface area contributed by atoms with E-state index < -0.39 is 16.5 Å². The van der Waals surface area contributed by atoms with Gasteiger partial charge in [0.25, 0.3) is 11.2 Å². The maximum atomic E-state index is 12.0. The highest BCUT2D eigenvalue weighted by Crippen LogP contribution is 2.15. The van der Waals surface area contributed by atoms with Gasteiger partial charge in [-0.3, -0.25) is 20.0 Å². The molecule has 1 aromatic carbocycles. The Kier molecular flexibility index (Phi) is 3.65. The van der Waals surface area contributed by atoms with E-state index in [4.69, 9.17) is 4.74 Å². The van der Waals surface area contributed by atoms with Gasteiger partial charge in [-0.1, -0.05) is 6.07 Å². The van der Waals surface area contributed by atoms with Crippen molar-refractivity contribution in [2.75, 3.05) is 6.61 Å². The van der Waals surface area contributed by atoms with Gasteiger partial charge < -0.3 is 4.74 Å². The van der Waals surface area contributed by atoms with Crippen LogP contribution in [0.25, 0.3) is 5.69 Å². The number of hydrogen-bond donors (Lipinski definition) is 1. The first kappa shape index (κ1) is 13.5. The normalized spacial score (nSPS) is 10.2. The maximum absolute atomic E-state index is 12.0. The fourth-order valence-corrected chi connectivity index (χ4v) is 1.66. The van der Waals surface area contributed by atoms with Gasteiger partial charge in [-0.15, -0.1) is 0 Å². The first-order valence-corrected chi connectivity index (χ1v) is 5.77. The van der Waals surface area contributed by atoms with E-state index in [-0.39, 0.29) is 23.5 Å². The van der Waals surface area contributed by atoms with Crippen molar-refractivity contribution in [1.82, 2.24) is 9.78 Å². The monoisotopic (exact) mass is 277 g/mol. The number of nitro groups is 1. The van der Waals surface area contributed by atoms with Gasteiger partial charge in [0, 0.05) is 18.3 Å². The van der Waals surface area contributed by atoms with Crippen LogP contribution in [0.15, 0.2) is 35.3 Å². The summed E-state index contributed by atoms with van der Waals surface area (Å²) in [5.74, 6) is -0.738. The first-order chi connectivity index (χ1) is 9.54. The van der Waals surface area contributed by atoms with Gasteiger partial charge in [-0.25, -0.2) is 9.48 Å². The Balaban J connectivity index is 2.45. The zero-order chi connectivity index (χ0) is 14.7. The molecule has 20 heavy (non-hydrogen) atoms. The lowest BCUT2D eigenvalue weighted by atomic mass is 10.3. The SMILES string of the molecule is CCOC(=O)c1c[nH]n(-c2cccc([N+](=O)[O-])c2)c1=O. The molecule has 1 aromatic heterocycles. The van der Waals surface area contributed by atoms with E-state index in [1.54, 1.807) is 6.92 Å². The van der Waals surface area contributed by atoms with Crippen LogP contribution in [0, 0.1) is 10.1 Å². The van der Waals surface area contributed by atoms with Gasteiger partial charge in [0.2, 0.25) is 0 Å². The van der Waals surface area contributed by atoms with E-state index in [2.05, 4.69) is 5.10 Å². The molecule has 0 saturated heterocycles. The molecule has 0 saturated carbocycles. The number of hydrogen-bond acceptors (Lipinski definition) is 5. The van der Waals surface area contributed by atoms with Crippen molar-refractivity contribution in [1.29, 1.82) is 0 Å². The fourth-order valence-electron chi connectivity index (χ4n) is 1.66. The number of non-ortho nitro benzene ring substituents is 1. The summed E-state index contributed by atoms with van der Waals surface area (Å²) in [6.07, 6.45) is 1.21. The van der Waals surface area contributed by atoms with Crippen molar-refractivity contribution in [3.05, 3.63) is 56.5 Å². The quantitative estimate of drug-likeness (QED) is 0.514. The smallest absolute Gasteiger partial charge is 0.345 e. The summed E-state index contributed by atoms with van der Waals surface area (Å²) in [7, 11) is 0. The first-order valence-electron chi connectivity index (χ1n) is 5.77. The van der Waals surface area contributed by atoms with E-state index in [0.717, 1.165) is 4.68 Å². The number of H-pyrrole nitrogens is 1. The van der Waals surface area contributed by atoms with Crippen LogP contribution in [0.3, 0.4) is 0 Å². The molecular formula is C12H11N3O5. The Morgan fingerprint density at radius 1 is 1.50 bits per heavy atom. The van der Waals surface area contributed by atoms with Crippen LogP contribution in [0.4, 0.5) is 5.69 Å². The van der Waals surface area contributed by atoms with E-state index in [1.165, 1.54) is 30.5 Å². The molecule has 0 aliphatic heterocycles. The number of aromatic amines is 1. The Morgan fingerprint density at radius 3 is 2.90 bits per heavy atom. The van der Waals surface area contributed by atoms with Crippen molar-refractivity contribution in [2.45, 2.75) is 6.92 Å². The van der Waals surface area contributed by atoms with Gasteiger partial charge >= 0.3 is 5.97 Å². The van der Waals surface area contributed by atoms with Crippen LogP contribution in [-0.4, -0.2) is 27.3 Å². The molecule has 0 unspecified atom stereocenters. The summed E-state index contributed by atoms with van der Waals surface area (Å²) in [4.78, 5) is 33.7. The predicted molar refractivity (Wildman–Crippen MR) is 69.0 cm³/mol. The number of benzene rings is 1. The second-order valence-corrected chi connectivity index (χ2v) is 3.83. The number of rotatable bonds is 4. The zero-order valence-electron chi connectivity index (χ0n) is 10.5. The molecule has 2 rings (SSSR count). The predicted octanol–water partition coefficient (Wildman–Crippen LogP) is 1.25. The molecule has 0 radical (unpaired) electrons. The summed E-state index contributed by atoms with van der Waals surface area (Å²) >= 11 is 0. The van der Waals surface area contributed by atoms with Crippen LogP contribution >= 0.6 is 0 Å². The minimum atomic E-state index is -0.738. The average Bonchev–Trinajstić information content (AvgIpc) is 2.81. The highest BCUT2D eigenvalue weighted by atomic mass is 16.6. The van der Waals surface area contributed by atoms with Crippen molar-refractivity contribution >= 4 is 11.7 Å². The summed E-state index contributed by atoms with van der Waals surface area (Å²) in [5, 5.41) is 13.3. The third-order valence-corrected chi connectivity index (χ3v) is 2.57. The summed E-state index contributed by atoms with van der Waals surface area (Å²) in [6, 6.07) is 5.50. The number of carbonyl (C=O) groups excluding carboxylic acids is 1. The molecule has 0 fully saturated rings. The minimum absolute atomic E-state index is 0.151. The van der Waals surface area contributed by atoms with Crippen molar-refractivity contribution in [2.24, 2.45) is 0 Å². The second-order valence-electron chi connectivity index (χ2n) is 3.83. The molecule has 0 aliphatic carbocycles. The number of ether oxygens (including phenoxy) is 1. The molecule has 104 valence electrons. The minimum Gasteiger partial charge on any atom is -0.462 e. The van der Waals surface area contributed by atoms with Crippen molar-refractivity contribution < 1.29 is 14.5 Å². The molecule has 0 amide bonds. The Hall–Kier alpha value is -2.90. The van der Waals surface area contributed by atoms with Crippen LogP contribution in [-0.2, 0) is 4.74 Å². The topological polar surface area (TPSA) is 107 Å². The molecule has 2 aromatic rings. The Labute approximate surface area is 112 Å². The molecule has 0 aliphatic rings. The highest BCUT2D eigenvalue weighted by molar-refractivity contribution is 5.88. The fraction of sp³-hybridized carbons (Fsp3) is 0.167. The number of carbonyl (C=O) groups is 1. The number of nitrogens with zero attached hydrogens (tertiary/aromatic N) is 2. The number of esters is 1. The molecular weight excluding hydrogens is 266 g/mol. The molecule has 0 bridgehead atoms. The number of aromatic nitrogens is 2. The lowest BCUT2D eigenvalue weighted by Crippen LogP contribution is -2.21. The average molecular weight is 277 g/mol. The molecule has 8 nitrogen and oxygen atoms in total. The van der Waals surface area contributed by atoms with Gasteiger partial charge in [-0.2, -0.15) is 0 Å². The molecule has 0 atom stereocenters. The van der Waals surface area contributed by atoms with E-state index in [0.29, 0.717) is 0 Å². The lowest BCUT2D eigenvalue weighted by molar-refractivity contribution is -0.384. The third-order valence-electron chi connectivity index (χ3n) is 2.57. The van der Waals surface area contributed by atoms with Crippen LogP contribution < -0.4 is 5.56 Å². The summed E-state index contributed by atoms with van der Waals surface area (Å²) in [5.41, 5.74) is -0.663. The zero-order valence-corrected chi connectivity index (χ0v) is 10.5. The van der Waals surface area contributed by atoms with E-state index >= 15 is 0 Å². The maximum Gasteiger partial charge on any atom is 0.345 e. The Morgan fingerprint density at radius 2 is 2.25 bits per heavy atom. The van der Waals surface area contributed by atoms with Gasteiger partial charge in [0.1, 0.15) is 5.56 Å². The number of nitro benzene ring substituents is 1. The summed E-state index contributed by atoms with van der Waals surface area (Å²) in [6.45, 7) is 1.78. The van der Waals surface area contributed by atoms with Gasteiger partial charge in [0.15, 0.2) is 0 Å². The molecule has 8 heteroatoms. The standard InChI is InChI=1S/C12H11N3O5/c1-2-20-12(17)10-7-13-14(11(10)16)8-4-3-5-9(6-8)15(18)19/h3-7,13H,2H2,1H3. The van der Waals surface area contributed by atoms with Gasteiger partial charge in [-0.05, 0) is 13.0 Å². The molecule has 1 N–H and O–H groups in total. The van der Waals surface area contributed by atoms with Crippen molar-refractivity contribution in [3.63, 3.8) is 0 Å².